The molecule has 0 aliphatic heterocycles. The molecule has 0 saturated heterocycles. The summed E-state index contributed by atoms with van der Waals surface area (Å²) in [4.78, 5) is 37.4. The number of hydrogen-bond acceptors (Lipinski definition) is 3. The molecule has 1 aromatic carbocycles. The molecule has 98 valence electrons. The van der Waals surface area contributed by atoms with Gasteiger partial charge in [-0.25, -0.2) is 4.79 Å². The number of aromatic amines is 1. The van der Waals surface area contributed by atoms with Gasteiger partial charge >= 0.3 is 5.97 Å². The first kappa shape index (κ1) is 13.0. The van der Waals surface area contributed by atoms with E-state index in [1.807, 2.05) is 13.0 Å². The number of pyridine rings is 1. The summed E-state index contributed by atoms with van der Waals surface area (Å²) in [6.07, 6.45) is 0.658. The molecule has 0 aliphatic carbocycles. The number of aromatic carboxylic acids is 1. The zero-order valence-electron chi connectivity index (χ0n) is 10.6. The van der Waals surface area contributed by atoms with Crippen molar-refractivity contribution >= 4 is 22.7 Å². The van der Waals surface area contributed by atoms with Gasteiger partial charge in [-0.05, 0) is 18.9 Å². The Morgan fingerprint density at radius 1 is 1.26 bits per heavy atom. The number of rotatable bonds is 3. The molecule has 19 heavy (non-hydrogen) atoms. The minimum Gasteiger partial charge on any atom is -0.478 e. The minimum absolute atomic E-state index is 0.221. The summed E-state index contributed by atoms with van der Waals surface area (Å²) in [5.41, 5.74) is 0.151. The van der Waals surface area contributed by atoms with Gasteiger partial charge in [0.1, 0.15) is 0 Å². The van der Waals surface area contributed by atoms with Crippen LogP contribution in [-0.4, -0.2) is 21.8 Å². The summed E-state index contributed by atoms with van der Waals surface area (Å²) >= 11 is 0. The Morgan fingerprint density at radius 2 is 1.95 bits per heavy atom. The summed E-state index contributed by atoms with van der Waals surface area (Å²) in [5, 5.41) is 9.68. The molecule has 1 heterocycles. The summed E-state index contributed by atoms with van der Waals surface area (Å²) in [7, 11) is 0. The molecule has 0 atom stereocenters. The van der Waals surface area contributed by atoms with Crippen molar-refractivity contribution in [1.29, 1.82) is 0 Å². The number of aromatic nitrogens is 1. The zero-order valence-corrected chi connectivity index (χ0v) is 10.6. The van der Waals surface area contributed by atoms with E-state index in [4.69, 9.17) is 0 Å². The standard InChI is InChI=1S/C14H13NO4/c1-3-8-5-4-6-9-11(14(18)19)10(7(2)16)13(17)15-12(8)9/h4-6H,3H2,1-2H3,(H,15,17)(H,18,19). The maximum Gasteiger partial charge on any atom is 0.337 e. The summed E-state index contributed by atoms with van der Waals surface area (Å²) in [6.45, 7) is 3.10. The highest BCUT2D eigenvalue weighted by atomic mass is 16.4. The Balaban J connectivity index is 3.06. The fourth-order valence-corrected chi connectivity index (χ4v) is 2.23. The van der Waals surface area contributed by atoms with Gasteiger partial charge < -0.3 is 10.1 Å². The van der Waals surface area contributed by atoms with Crippen LogP contribution in [0.1, 0.15) is 40.1 Å². The summed E-state index contributed by atoms with van der Waals surface area (Å²) in [6, 6.07) is 5.13. The Morgan fingerprint density at radius 3 is 2.47 bits per heavy atom. The highest BCUT2D eigenvalue weighted by Crippen LogP contribution is 2.22. The molecular weight excluding hydrogens is 246 g/mol. The number of carbonyl (C=O) groups is 2. The van der Waals surface area contributed by atoms with E-state index in [-0.39, 0.29) is 11.1 Å². The second-order valence-electron chi connectivity index (χ2n) is 4.26. The number of aryl methyl sites for hydroxylation is 1. The van der Waals surface area contributed by atoms with Crippen LogP contribution in [0.25, 0.3) is 10.9 Å². The van der Waals surface area contributed by atoms with Crippen molar-refractivity contribution in [2.24, 2.45) is 0 Å². The second kappa shape index (κ2) is 4.68. The number of carboxylic acids is 1. The van der Waals surface area contributed by atoms with Gasteiger partial charge in [0.25, 0.3) is 5.56 Å². The Hall–Kier alpha value is -2.43. The average molecular weight is 259 g/mol. The van der Waals surface area contributed by atoms with Gasteiger partial charge in [0.05, 0.1) is 16.6 Å². The van der Waals surface area contributed by atoms with Crippen LogP contribution in [0.15, 0.2) is 23.0 Å². The topological polar surface area (TPSA) is 87.2 Å². The molecule has 0 aliphatic rings. The first-order valence-electron chi connectivity index (χ1n) is 5.89. The molecular formula is C14H13NO4. The van der Waals surface area contributed by atoms with Crippen LogP contribution >= 0.6 is 0 Å². The number of ketones is 1. The van der Waals surface area contributed by atoms with E-state index in [2.05, 4.69) is 4.98 Å². The van der Waals surface area contributed by atoms with Crippen molar-refractivity contribution in [1.82, 2.24) is 4.98 Å². The molecule has 0 radical (unpaired) electrons. The molecule has 5 heteroatoms. The third-order valence-corrected chi connectivity index (χ3v) is 3.08. The van der Waals surface area contributed by atoms with E-state index >= 15 is 0 Å². The molecule has 0 fully saturated rings. The predicted octanol–water partition coefficient (Wildman–Crippen LogP) is 1.99. The van der Waals surface area contributed by atoms with Crippen LogP contribution in [0.5, 0.6) is 0 Å². The molecule has 0 bridgehead atoms. The number of H-pyrrole nitrogens is 1. The van der Waals surface area contributed by atoms with Crippen LogP contribution in [0.4, 0.5) is 0 Å². The predicted molar refractivity (Wildman–Crippen MR) is 70.9 cm³/mol. The lowest BCUT2D eigenvalue weighted by molar-refractivity contribution is 0.0694. The van der Waals surface area contributed by atoms with Crippen molar-refractivity contribution in [3.05, 3.63) is 45.2 Å². The lowest BCUT2D eigenvalue weighted by Crippen LogP contribution is -2.22. The number of nitrogens with one attached hydrogen (secondary N) is 1. The molecule has 2 N–H and O–H groups in total. The third-order valence-electron chi connectivity index (χ3n) is 3.08. The maximum absolute atomic E-state index is 11.9. The fourth-order valence-electron chi connectivity index (χ4n) is 2.23. The van der Waals surface area contributed by atoms with E-state index in [1.54, 1.807) is 12.1 Å². The fraction of sp³-hybridized carbons (Fsp3) is 0.214. The van der Waals surface area contributed by atoms with Gasteiger partial charge in [0.2, 0.25) is 0 Å². The molecule has 0 unspecified atom stereocenters. The lowest BCUT2D eigenvalue weighted by atomic mass is 9.98. The van der Waals surface area contributed by atoms with Crippen LogP contribution in [0, 0.1) is 0 Å². The SMILES string of the molecule is CCc1cccc2c(C(=O)O)c(C(C)=O)c(=O)[nH]c12. The Bertz CT molecular complexity index is 743. The van der Waals surface area contributed by atoms with Gasteiger partial charge in [0.15, 0.2) is 5.78 Å². The normalized spacial score (nSPS) is 10.6. The number of fused-ring (bicyclic) bond motifs is 1. The molecule has 5 nitrogen and oxygen atoms in total. The first-order valence-corrected chi connectivity index (χ1v) is 5.89. The van der Waals surface area contributed by atoms with Gasteiger partial charge in [-0.1, -0.05) is 25.1 Å². The van der Waals surface area contributed by atoms with E-state index in [9.17, 15) is 19.5 Å². The summed E-state index contributed by atoms with van der Waals surface area (Å²) in [5.74, 6) is -1.82. The molecule has 0 saturated carbocycles. The number of carbonyl (C=O) groups excluding carboxylic acids is 1. The van der Waals surface area contributed by atoms with E-state index in [0.29, 0.717) is 17.3 Å². The average Bonchev–Trinajstić information content (AvgIpc) is 2.35. The van der Waals surface area contributed by atoms with Crippen LogP contribution < -0.4 is 5.56 Å². The smallest absolute Gasteiger partial charge is 0.337 e. The number of Topliss-reactive ketones (excluding diaryl/α,β-unsaturated/α-hetero) is 1. The van der Waals surface area contributed by atoms with Crippen molar-refractivity contribution in [2.75, 3.05) is 0 Å². The maximum atomic E-state index is 11.9. The molecule has 0 spiro atoms. The molecule has 2 aromatic rings. The highest BCUT2D eigenvalue weighted by Gasteiger charge is 2.22. The van der Waals surface area contributed by atoms with E-state index in [1.165, 1.54) is 6.92 Å². The monoisotopic (exact) mass is 259 g/mol. The van der Waals surface area contributed by atoms with E-state index < -0.39 is 17.3 Å². The number of carboxylic acid groups (broad SMARTS) is 1. The lowest BCUT2D eigenvalue weighted by Gasteiger charge is -2.09. The number of para-hydroxylation sites is 1. The largest absolute Gasteiger partial charge is 0.478 e. The number of hydrogen-bond donors (Lipinski definition) is 2. The van der Waals surface area contributed by atoms with Crippen molar-refractivity contribution in [2.45, 2.75) is 20.3 Å². The van der Waals surface area contributed by atoms with Crippen LogP contribution in [0.2, 0.25) is 0 Å². The molecule has 0 amide bonds. The van der Waals surface area contributed by atoms with Crippen molar-refractivity contribution < 1.29 is 14.7 Å². The van der Waals surface area contributed by atoms with Gasteiger partial charge in [0, 0.05) is 5.39 Å². The second-order valence-corrected chi connectivity index (χ2v) is 4.26. The van der Waals surface area contributed by atoms with Crippen LogP contribution in [-0.2, 0) is 6.42 Å². The van der Waals surface area contributed by atoms with Gasteiger partial charge in [-0.3, -0.25) is 9.59 Å². The third kappa shape index (κ3) is 2.03. The zero-order chi connectivity index (χ0) is 14.2. The highest BCUT2D eigenvalue weighted by molar-refractivity contribution is 6.12. The van der Waals surface area contributed by atoms with Gasteiger partial charge in [-0.2, -0.15) is 0 Å². The van der Waals surface area contributed by atoms with Crippen LogP contribution in [0.3, 0.4) is 0 Å². The summed E-state index contributed by atoms with van der Waals surface area (Å²) < 4.78 is 0. The number of benzene rings is 1. The van der Waals surface area contributed by atoms with E-state index in [0.717, 1.165) is 5.56 Å². The first-order chi connectivity index (χ1) is 8.97. The molecule has 1 aromatic heterocycles. The Labute approximate surface area is 108 Å². The van der Waals surface area contributed by atoms with Crippen molar-refractivity contribution in [3.8, 4) is 0 Å². The Kier molecular flexibility index (Phi) is 3.21. The molecule has 2 rings (SSSR count). The van der Waals surface area contributed by atoms with Gasteiger partial charge in [-0.15, -0.1) is 0 Å². The van der Waals surface area contributed by atoms with Crippen molar-refractivity contribution in [3.63, 3.8) is 0 Å². The minimum atomic E-state index is -1.27. The quantitative estimate of drug-likeness (QED) is 0.825.